The molecular formula is C11H7Br2Cl2NS. The Morgan fingerprint density at radius 3 is 2.41 bits per heavy atom. The molecule has 2 aromatic rings. The van der Waals surface area contributed by atoms with Gasteiger partial charge in [0.15, 0.2) is 0 Å². The van der Waals surface area contributed by atoms with Crippen molar-refractivity contribution < 1.29 is 0 Å². The summed E-state index contributed by atoms with van der Waals surface area (Å²) in [5, 5.41) is 0.667. The van der Waals surface area contributed by atoms with E-state index in [0.717, 1.165) is 19.4 Å². The van der Waals surface area contributed by atoms with Crippen LogP contribution in [0.1, 0.15) is 16.5 Å². The Hall–Kier alpha value is 0.420. The lowest BCUT2D eigenvalue weighted by Crippen LogP contribution is -2.10. The van der Waals surface area contributed by atoms with E-state index in [9.17, 15) is 0 Å². The largest absolute Gasteiger partial charge is 0.320 e. The molecule has 1 unspecified atom stereocenters. The third-order valence-corrected chi connectivity index (χ3v) is 5.78. The highest BCUT2D eigenvalue weighted by atomic mass is 79.9. The van der Waals surface area contributed by atoms with Gasteiger partial charge in [-0.1, -0.05) is 39.1 Å². The van der Waals surface area contributed by atoms with Crippen LogP contribution in [-0.2, 0) is 0 Å². The maximum Gasteiger partial charge on any atom is 0.107 e. The predicted octanol–water partition coefficient (Wildman–Crippen LogP) is 5.63. The number of nitrogens with two attached hydrogens (primary N) is 1. The van der Waals surface area contributed by atoms with E-state index in [0.29, 0.717) is 9.36 Å². The van der Waals surface area contributed by atoms with Gasteiger partial charge in [0, 0.05) is 18.8 Å². The van der Waals surface area contributed by atoms with Crippen LogP contribution < -0.4 is 5.73 Å². The van der Waals surface area contributed by atoms with Gasteiger partial charge in [-0.2, -0.15) is 0 Å². The first-order chi connectivity index (χ1) is 7.99. The molecule has 0 amide bonds. The summed E-state index contributed by atoms with van der Waals surface area (Å²) in [5.74, 6) is 0. The Morgan fingerprint density at radius 1 is 1.12 bits per heavy atom. The van der Waals surface area contributed by atoms with Crippen molar-refractivity contribution >= 4 is 66.4 Å². The number of thiophene rings is 1. The Morgan fingerprint density at radius 2 is 1.82 bits per heavy atom. The van der Waals surface area contributed by atoms with Gasteiger partial charge < -0.3 is 5.73 Å². The summed E-state index contributed by atoms with van der Waals surface area (Å²) in [7, 11) is 0. The lowest BCUT2D eigenvalue weighted by molar-refractivity contribution is 0.887. The summed E-state index contributed by atoms with van der Waals surface area (Å²) in [6, 6.07) is 7.26. The van der Waals surface area contributed by atoms with Gasteiger partial charge in [-0.15, -0.1) is 11.3 Å². The maximum atomic E-state index is 6.21. The topological polar surface area (TPSA) is 26.0 Å². The van der Waals surface area contributed by atoms with E-state index >= 15 is 0 Å². The van der Waals surface area contributed by atoms with E-state index in [1.165, 1.54) is 11.3 Å². The molecule has 1 aromatic carbocycles. The normalized spacial score (nSPS) is 12.8. The fraction of sp³-hybridized carbons (Fsp3) is 0.0909. The molecule has 6 heteroatoms. The van der Waals surface area contributed by atoms with Gasteiger partial charge in [0.05, 0.1) is 6.04 Å². The highest BCUT2D eigenvalue weighted by Gasteiger charge is 2.16. The predicted molar refractivity (Wildman–Crippen MR) is 82.2 cm³/mol. The smallest absolute Gasteiger partial charge is 0.107 e. The van der Waals surface area contributed by atoms with Gasteiger partial charge in [0.2, 0.25) is 0 Å². The molecule has 0 saturated heterocycles. The van der Waals surface area contributed by atoms with Crippen LogP contribution in [0.5, 0.6) is 0 Å². The summed E-state index contributed by atoms with van der Waals surface area (Å²) in [4.78, 5) is 0.991. The molecule has 0 radical (unpaired) electrons. The second-order valence-electron chi connectivity index (χ2n) is 3.41. The minimum Gasteiger partial charge on any atom is -0.320 e. The summed E-state index contributed by atoms with van der Waals surface area (Å²) in [6.45, 7) is 0. The molecule has 0 saturated carbocycles. The highest BCUT2D eigenvalue weighted by molar-refractivity contribution is 9.10. The first-order valence-electron chi connectivity index (χ1n) is 4.64. The molecule has 0 aliphatic rings. The second kappa shape index (κ2) is 5.59. The lowest BCUT2D eigenvalue weighted by Gasteiger charge is -2.12. The van der Waals surface area contributed by atoms with E-state index in [4.69, 9.17) is 28.9 Å². The van der Waals surface area contributed by atoms with Crippen LogP contribution in [0.15, 0.2) is 33.2 Å². The molecule has 17 heavy (non-hydrogen) atoms. The van der Waals surface area contributed by atoms with E-state index in [-0.39, 0.29) is 6.04 Å². The zero-order valence-corrected chi connectivity index (χ0v) is 13.9. The van der Waals surface area contributed by atoms with E-state index in [1.807, 2.05) is 24.3 Å². The van der Waals surface area contributed by atoms with Gasteiger partial charge in [0.1, 0.15) is 4.34 Å². The minimum atomic E-state index is -0.239. The van der Waals surface area contributed by atoms with Crippen LogP contribution in [0.25, 0.3) is 0 Å². The van der Waals surface area contributed by atoms with Gasteiger partial charge in [-0.25, -0.2) is 0 Å². The SMILES string of the molecule is NC(c1cc(Br)c(Cl)s1)c1cc(Cl)ccc1Br. The average Bonchev–Trinajstić information content (AvgIpc) is 2.62. The number of rotatable bonds is 2. The molecule has 0 bridgehead atoms. The quantitative estimate of drug-likeness (QED) is 0.676. The van der Waals surface area contributed by atoms with E-state index in [1.54, 1.807) is 0 Å². The van der Waals surface area contributed by atoms with Gasteiger partial charge in [-0.3, -0.25) is 0 Å². The van der Waals surface area contributed by atoms with Crippen molar-refractivity contribution in [3.63, 3.8) is 0 Å². The number of hydrogen-bond acceptors (Lipinski definition) is 2. The summed E-state index contributed by atoms with van der Waals surface area (Å²) >= 11 is 20.3. The molecule has 1 atom stereocenters. The maximum absolute atomic E-state index is 6.21. The first-order valence-corrected chi connectivity index (χ1v) is 7.80. The summed E-state index contributed by atoms with van der Waals surface area (Å²) in [5.41, 5.74) is 7.16. The highest BCUT2D eigenvalue weighted by Crippen LogP contribution is 2.38. The first kappa shape index (κ1) is 13.8. The number of benzene rings is 1. The Labute approximate surface area is 130 Å². The standard InChI is InChI=1S/C11H7Br2Cl2NS/c12-7-2-1-5(14)3-6(7)10(16)9-4-8(13)11(15)17-9/h1-4,10H,16H2. The van der Waals surface area contributed by atoms with Gasteiger partial charge >= 0.3 is 0 Å². The summed E-state index contributed by atoms with van der Waals surface area (Å²) in [6.07, 6.45) is 0. The Bertz CT molecular complexity index is 537. The van der Waals surface area contributed by atoms with Crippen LogP contribution in [0.3, 0.4) is 0 Å². The Balaban J connectivity index is 2.42. The Kier molecular flexibility index (Phi) is 4.55. The molecule has 2 N–H and O–H groups in total. The zero-order chi connectivity index (χ0) is 12.6. The molecule has 0 fully saturated rings. The monoisotopic (exact) mass is 413 g/mol. The molecular weight excluding hydrogens is 409 g/mol. The van der Waals surface area contributed by atoms with Crippen molar-refractivity contribution in [3.8, 4) is 0 Å². The van der Waals surface area contributed by atoms with Crippen LogP contribution in [0.4, 0.5) is 0 Å². The van der Waals surface area contributed by atoms with Crippen molar-refractivity contribution in [1.82, 2.24) is 0 Å². The average molecular weight is 416 g/mol. The number of hydrogen-bond donors (Lipinski definition) is 1. The molecule has 0 aliphatic heterocycles. The summed E-state index contributed by atoms with van der Waals surface area (Å²) < 4.78 is 2.51. The minimum absolute atomic E-state index is 0.239. The van der Waals surface area contributed by atoms with Gasteiger partial charge in [-0.05, 0) is 45.8 Å². The molecule has 0 aliphatic carbocycles. The van der Waals surface area contributed by atoms with Crippen molar-refractivity contribution in [3.05, 3.63) is 53.0 Å². The molecule has 1 aromatic heterocycles. The van der Waals surface area contributed by atoms with Crippen molar-refractivity contribution in [1.29, 1.82) is 0 Å². The van der Waals surface area contributed by atoms with E-state index in [2.05, 4.69) is 31.9 Å². The van der Waals surface area contributed by atoms with Crippen LogP contribution in [-0.4, -0.2) is 0 Å². The molecule has 1 heterocycles. The third kappa shape index (κ3) is 3.06. The molecule has 2 rings (SSSR count). The lowest BCUT2D eigenvalue weighted by atomic mass is 10.1. The van der Waals surface area contributed by atoms with Crippen molar-refractivity contribution in [2.45, 2.75) is 6.04 Å². The van der Waals surface area contributed by atoms with Crippen LogP contribution >= 0.6 is 66.4 Å². The zero-order valence-electron chi connectivity index (χ0n) is 8.38. The van der Waals surface area contributed by atoms with Crippen molar-refractivity contribution in [2.75, 3.05) is 0 Å². The fourth-order valence-electron chi connectivity index (χ4n) is 1.42. The molecule has 0 spiro atoms. The van der Waals surface area contributed by atoms with Gasteiger partial charge in [0.25, 0.3) is 0 Å². The van der Waals surface area contributed by atoms with Crippen LogP contribution in [0.2, 0.25) is 9.36 Å². The second-order valence-corrected chi connectivity index (χ2v) is 7.24. The third-order valence-electron chi connectivity index (χ3n) is 2.26. The van der Waals surface area contributed by atoms with Crippen molar-refractivity contribution in [2.24, 2.45) is 5.73 Å². The molecule has 90 valence electrons. The fourth-order valence-corrected chi connectivity index (χ4v) is 3.85. The van der Waals surface area contributed by atoms with Crippen LogP contribution in [0, 0.1) is 0 Å². The molecule has 1 nitrogen and oxygen atoms in total. The van der Waals surface area contributed by atoms with E-state index < -0.39 is 0 Å². The number of halogens is 4.